The first-order chi connectivity index (χ1) is 8.58. The van der Waals surface area contributed by atoms with Crippen molar-refractivity contribution >= 4 is 44.8 Å². The second-order valence-corrected chi connectivity index (χ2v) is 5.92. The van der Waals surface area contributed by atoms with Crippen LogP contribution in [0, 0.1) is 0 Å². The normalized spacial score (nSPS) is 12.2. The molecule has 0 saturated heterocycles. The number of nitrogens with one attached hydrogen (secondary N) is 1. The highest BCUT2D eigenvalue weighted by Gasteiger charge is 2.12. The van der Waals surface area contributed by atoms with E-state index in [1.54, 1.807) is 29.5 Å². The zero-order valence-electron chi connectivity index (χ0n) is 9.61. The lowest BCUT2D eigenvalue weighted by atomic mass is 10.1. The maximum absolute atomic E-state index is 12.0. The molecule has 0 spiro atoms. The molecule has 2 nitrogen and oxygen atoms in total. The molecule has 1 unspecified atom stereocenters. The minimum absolute atomic E-state index is 0.00166. The lowest BCUT2D eigenvalue weighted by Gasteiger charge is -2.12. The fourth-order valence-electron chi connectivity index (χ4n) is 1.52. The highest BCUT2D eigenvalue weighted by Crippen LogP contribution is 2.23. The third-order valence-corrected chi connectivity index (χ3v) is 4.49. The molecular weight excluding hydrogens is 334 g/mol. The largest absolute Gasteiger partial charge is 0.345 e. The Morgan fingerprint density at radius 1 is 1.44 bits per heavy atom. The fraction of sp³-hybridized carbons (Fsp3) is 0.154. The molecule has 2 rings (SSSR count). The predicted octanol–water partition coefficient (Wildman–Crippen LogP) is 4.66. The van der Waals surface area contributed by atoms with Crippen LogP contribution >= 0.6 is 38.9 Å². The van der Waals surface area contributed by atoms with Gasteiger partial charge in [0.15, 0.2) is 0 Å². The first kappa shape index (κ1) is 13.6. The summed E-state index contributed by atoms with van der Waals surface area (Å²) in [5, 5.41) is 7.57. The molecule has 0 radical (unpaired) electrons. The van der Waals surface area contributed by atoms with Gasteiger partial charge >= 0.3 is 0 Å². The highest BCUT2D eigenvalue weighted by atomic mass is 79.9. The number of rotatable bonds is 3. The van der Waals surface area contributed by atoms with E-state index >= 15 is 0 Å². The summed E-state index contributed by atoms with van der Waals surface area (Å²) in [5.41, 5.74) is 1.70. The smallest absolute Gasteiger partial charge is 0.251 e. The molecule has 0 fully saturated rings. The van der Waals surface area contributed by atoms with Gasteiger partial charge in [0, 0.05) is 10.0 Å². The summed E-state index contributed by atoms with van der Waals surface area (Å²) < 4.78 is 0.722. The summed E-state index contributed by atoms with van der Waals surface area (Å²) in [7, 11) is 0. The summed E-state index contributed by atoms with van der Waals surface area (Å²) in [6.45, 7) is 1.96. The number of hydrogen-bond acceptors (Lipinski definition) is 2. The molecule has 1 amide bonds. The molecule has 0 bridgehead atoms. The fourth-order valence-corrected chi connectivity index (χ4v) is 2.77. The maximum atomic E-state index is 12.0. The zero-order valence-corrected chi connectivity index (χ0v) is 12.8. The molecule has 0 aliphatic heterocycles. The van der Waals surface area contributed by atoms with Crippen LogP contribution in [0.15, 0.2) is 39.5 Å². The van der Waals surface area contributed by atoms with Crippen LogP contribution in [0.25, 0.3) is 0 Å². The van der Waals surface area contributed by atoms with Crippen molar-refractivity contribution in [3.63, 3.8) is 0 Å². The van der Waals surface area contributed by atoms with E-state index in [4.69, 9.17) is 11.6 Å². The number of halogens is 2. The van der Waals surface area contributed by atoms with Crippen molar-refractivity contribution in [2.75, 3.05) is 0 Å². The summed E-state index contributed by atoms with van der Waals surface area (Å²) in [6.07, 6.45) is 0. The molecule has 1 aromatic heterocycles. The monoisotopic (exact) mass is 343 g/mol. The quantitative estimate of drug-likeness (QED) is 0.862. The summed E-state index contributed by atoms with van der Waals surface area (Å²) in [6, 6.07) is 7.14. The Labute approximate surface area is 123 Å². The third kappa shape index (κ3) is 3.13. The summed E-state index contributed by atoms with van der Waals surface area (Å²) >= 11 is 10.8. The molecule has 1 N–H and O–H groups in total. The van der Waals surface area contributed by atoms with E-state index in [9.17, 15) is 4.79 Å². The van der Waals surface area contributed by atoms with Crippen molar-refractivity contribution in [3.05, 3.63) is 55.6 Å². The van der Waals surface area contributed by atoms with Crippen molar-refractivity contribution in [2.24, 2.45) is 0 Å². The number of benzene rings is 1. The number of amides is 1. The molecule has 0 aliphatic rings. The van der Waals surface area contributed by atoms with E-state index in [2.05, 4.69) is 21.2 Å². The topological polar surface area (TPSA) is 29.1 Å². The van der Waals surface area contributed by atoms with Crippen LogP contribution in [0.5, 0.6) is 0 Å². The van der Waals surface area contributed by atoms with Gasteiger partial charge in [-0.1, -0.05) is 11.6 Å². The molecule has 5 heteroatoms. The Balaban J connectivity index is 2.10. The van der Waals surface area contributed by atoms with Crippen molar-refractivity contribution in [3.8, 4) is 0 Å². The van der Waals surface area contributed by atoms with E-state index in [-0.39, 0.29) is 11.9 Å². The standard InChI is InChI=1S/C13H11BrClNOS/c1-8(10-4-5-18-7-10)16-13(17)9-2-3-12(15)11(14)6-9/h2-8H,1H3,(H,16,17). The highest BCUT2D eigenvalue weighted by molar-refractivity contribution is 9.10. The maximum Gasteiger partial charge on any atom is 0.251 e. The molecule has 1 aromatic carbocycles. The van der Waals surface area contributed by atoms with Crippen LogP contribution in [-0.2, 0) is 0 Å². The SMILES string of the molecule is CC(NC(=O)c1ccc(Cl)c(Br)c1)c1ccsc1. The van der Waals surface area contributed by atoms with Crippen LogP contribution in [0.4, 0.5) is 0 Å². The van der Waals surface area contributed by atoms with Crippen molar-refractivity contribution < 1.29 is 4.79 Å². The summed E-state index contributed by atoms with van der Waals surface area (Å²) in [5.74, 6) is -0.105. The van der Waals surface area contributed by atoms with Crippen molar-refractivity contribution in [1.82, 2.24) is 5.32 Å². The first-order valence-electron chi connectivity index (χ1n) is 5.36. The second kappa shape index (κ2) is 5.87. The molecule has 0 aliphatic carbocycles. The second-order valence-electron chi connectivity index (χ2n) is 3.88. The number of thiophene rings is 1. The van der Waals surface area contributed by atoms with Crippen LogP contribution in [-0.4, -0.2) is 5.91 Å². The van der Waals surface area contributed by atoms with Gasteiger partial charge in [0.25, 0.3) is 5.91 Å². The van der Waals surface area contributed by atoms with Crippen LogP contribution < -0.4 is 5.32 Å². The Morgan fingerprint density at radius 2 is 2.22 bits per heavy atom. The van der Waals surface area contributed by atoms with Gasteiger partial charge in [0.1, 0.15) is 0 Å². The van der Waals surface area contributed by atoms with Crippen LogP contribution in [0.1, 0.15) is 28.9 Å². The first-order valence-corrected chi connectivity index (χ1v) is 7.47. The van der Waals surface area contributed by atoms with Gasteiger partial charge in [-0.25, -0.2) is 0 Å². The summed E-state index contributed by atoms with van der Waals surface area (Å²) in [4.78, 5) is 12.0. The lowest BCUT2D eigenvalue weighted by molar-refractivity contribution is 0.0940. The molecule has 0 saturated carbocycles. The number of hydrogen-bond donors (Lipinski definition) is 1. The number of carbonyl (C=O) groups excluding carboxylic acids is 1. The minimum Gasteiger partial charge on any atom is -0.345 e. The van der Waals surface area contributed by atoms with Crippen LogP contribution in [0.2, 0.25) is 5.02 Å². The molecule has 94 valence electrons. The Hall–Kier alpha value is -0.840. The Kier molecular flexibility index (Phi) is 4.43. The molecule has 1 atom stereocenters. The van der Waals surface area contributed by atoms with Gasteiger partial charge in [-0.05, 0) is 63.4 Å². The van der Waals surface area contributed by atoms with Gasteiger partial charge in [0.2, 0.25) is 0 Å². The average molecular weight is 345 g/mol. The molecular formula is C13H11BrClNOS. The molecule has 18 heavy (non-hydrogen) atoms. The Morgan fingerprint density at radius 3 is 2.83 bits per heavy atom. The lowest BCUT2D eigenvalue weighted by Crippen LogP contribution is -2.26. The van der Waals surface area contributed by atoms with E-state index in [0.717, 1.165) is 10.0 Å². The van der Waals surface area contributed by atoms with Crippen molar-refractivity contribution in [2.45, 2.75) is 13.0 Å². The minimum atomic E-state index is -0.105. The number of carbonyl (C=O) groups is 1. The van der Waals surface area contributed by atoms with E-state index in [1.165, 1.54) is 0 Å². The van der Waals surface area contributed by atoms with Crippen molar-refractivity contribution in [1.29, 1.82) is 0 Å². The van der Waals surface area contributed by atoms with Crippen LogP contribution in [0.3, 0.4) is 0 Å². The molecule has 2 aromatic rings. The molecule has 1 heterocycles. The van der Waals surface area contributed by atoms with E-state index in [0.29, 0.717) is 10.6 Å². The van der Waals surface area contributed by atoms with E-state index in [1.807, 2.05) is 23.8 Å². The van der Waals surface area contributed by atoms with Gasteiger partial charge in [-0.2, -0.15) is 11.3 Å². The predicted molar refractivity (Wildman–Crippen MR) is 79.4 cm³/mol. The third-order valence-electron chi connectivity index (χ3n) is 2.57. The van der Waals surface area contributed by atoms with E-state index < -0.39 is 0 Å². The van der Waals surface area contributed by atoms with Gasteiger partial charge in [0.05, 0.1) is 11.1 Å². The zero-order chi connectivity index (χ0) is 13.1. The van der Waals surface area contributed by atoms with Gasteiger partial charge in [-0.3, -0.25) is 4.79 Å². The average Bonchev–Trinajstić information content (AvgIpc) is 2.86. The van der Waals surface area contributed by atoms with Gasteiger partial charge in [-0.15, -0.1) is 0 Å². The van der Waals surface area contributed by atoms with Gasteiger partial charge < -0.3 is 5.32 Å². The Bertz CT molecular complexity index is 556.